The van der Waals surface area contributed by atoms with E-state index in [1.807, 2.05) is 38.1 Å². The number of amides is 1. The van der Waals surface area contributed by atoms with Crippen molar-refractivity contribution < 1.29 is 19.1 Å². The van der Waals surface area contributed by atoms with Gasteiger partial charge in [-0.15, -0.1) is 11.3 Å². The monoisotopic (exact) mass is 398 g/mol. The Labute approximate surface area is 167 Å². The summed E-state index contributed by atoms with van der Waals surface area (Å²) in [4.78, 5) is 29.7. The summed E-state index contributed by atoms with van der Waals surface area (Å²) >= 11 is 1.48. The largest absolute Gasteiger partial charge is 0.496 e. The number of esters is 1. The third kappa shape index (κ3) is 4.48. The number of aromatic nitrogens is 1. The maximum absolute atomic E-state index is 12.6. The molecule has 1 heterocycles. The minimum absolute atomic E-state index is 0.0753. The second-order valence-corrected chi connectivity index (χ2v) is 7.69. The first-order valence-electron chi connectivity index (χ1n) is 8.94. The van der Waals surface area contributed by atoms with Crippen molar-refractivity contribution >= 4 is 33.4 Å². The number of carbonyl (C=O) groups is 2. The number of nitrogens with zero attached hydrogens (tertiary/aromatic N) is 1. The molecule has 0 aliphatic rings. The van der Waals surface area contributed by atoms with E-state index in [1.54, 1.807) is 24.3 Å². The summed E-state index contributed by atoms with van der Waals surface area (Å²) in [5, 5.41) is 3.48. The summed E-state index contributed by atoms with van der Waals surface area (Å²) < 4.78 is 11.7. The zero-order valence-corrected chi connectivity index (χ0v) is 16.8. The molecule has 1 N–H and O–H groups in total. The van der Waals surface area contributed by atoms with Gasteiger partial charge in [-0.3, -0.25) is 4.79 Å². The van der Waals surface area contributed by atoms with E-state index < -0.39 is 12.0 Å². The van der Waals surface area contributed by atoms with Crippen LogP contribution in [0.3, 0.4) is 0 Å². The summed E-state index contributed by atoms with van der Waals surface area (Å²) in [5.41, 5.74) is 1.25. The highest BCUT2D eigenvalue weighted by Gasteiger charge is 2.27. The molecular weight excluding hydrogens is 376 g/mol. The van der Waals surface area contributed by atoms with Crippen molar-refractivity contribution in [2.24, 2.45) is 5.92 Å². The number of ether oxygens (including phenoxy) is 2. The molecule has 3 rings (SSSR count). The van der Waals surface area contributed by atoms with Gasteiger partial charge in [-0.25, -0.2) is 9.78 Å². The topological polar surface area (TPSA) is 77.5 Å². The Morgan fingerprint density at radius 3 is 2.54 bits per heavy atom. The fourth-order valence-corrected chi connectivity index (χ4v) is 3.63. The molecule has 146 valence electrons. The van der Waals surface area contributed by atoms with E-state index in [9.17, 15) is 9.59 Å². The number of rotatable bonds is 7. The van der Waals surface area contributed by atoms with Gasteiger partial charge in [-0.1, -0.05) is 38.1 Å². The molecule has 3 aromatic rings. The molecule has 1 amide bonds. The van der Waals surface area contributed by atoms with Crippen molar-refractivity contribution in [3.05, 3.63) is 59.1 Å². The van der Waals surface area contributed by atoms with Crippen LogP contribution in [0.4, 0.5) is 0 Å². The van der Waals surface area contributed by atoms with E-state index in [4.69, 9.17) is 9.47 Å². The van der Waals surface area contributed by atoms with Crippen molar-refractivity contribution in [1.29, 1.82) is 0 Å². The van der Waals surface area contributed by atoms with Gasteiger partial charge in [0.05, 0.1) is 22.9 Å². The van der Waals surface area contributed by atoms with Crippen LogP contribution >= 0.6 is 11.3 Å². The molecule has 0 saturated heterocycles. The van der Waals surface area contributed by atoms with Gasteiger partial charge in [0.15, 0.2) is 0 Å². The Balaban J connectivity index is 1.67. The summed E-state index contributed by atoms with van der Waals surface area (Å²) in [6.07, 6.45) is 0. The molecule has 28 heavy (non-hydrogen) atoms. The lowest BCUT2D eigenvalue weighted by molar-refractivity contribution is -0.148. The van der Waals surface area contributed by atoms with E-state index in [2.05, 4.69) is 10.3 Å². The highest BCUT2D eigenvalue weighted by Crippen LogP contribution is 2.22. The molecule has 0 saturated carbocycles. The number of hydrogen-bond acceptors (Lipinski definition) is 6. The smallest absolute Gasteiger partial charge is 0.329 e. The van der Waals surface area contributed by atoms with Gasteiger partial charge in [-0.05, 0) is 30.2 Å². The standard InChI is InChI=1S/C21H22N2O4S/c1-13(2)19(23-20(24)14-8-4-6-10-16(14)26-3)21(25)27-12-18-22-15-9-5-7-11-17(15)28-18/h4-11,13,19H,12H2,1-3H3,(H,23,24)/t19-/m0/s1. The van der Waals surface area contributed by atoms with Crippen LogP contribution in [0.1, 0.15) is 29.2 Å². The predicted molar refractivity (Wildman–Crippen MR) is 109 cm³/mol. The lowest BCUT2D eigenvalue weighted by Gasteiger charge is -2.21. The van der Waals surface area contributed by atoms with Crippen molar-refractivity contribution in [2.75, 3.05) is 7.11 Å². The van der Waals surface area contributed by atoms with Gasteiger partial charge in [0.25, 0.3) is 5.91 Å². The number of carbonyl (C=O) groups excluding carboxylic acids is 2. The molecule has 1 aromatic heterocycles. The van der Waals surface area contributed by atoms with Crippen LogP contribution in [0.25, 0.3) is 10.2 Å². The molecule has 2 aromatic carbocycles. The van der Waals surface area contributed by atoms with E-state index in [1.165, 1.54) is 18.4 Å². The maximum atomic E-state index is 12.6. The summed E-state index contributed by atoms with van der Waals surface area (Å²) in [5.74, 6) is -0.558. The highest BCUT2D eigenvalue weighted by molar-refractivity contribution is 7.18. The van der Waals surface area contributed by atoms with E-state index in [0.717, 1.165) is 10.2 Å². The molecule has 0 aliphatic carbocycles. The van der Waals surface area contributed by atoms with Crippen LogP contribution in [-0.4, -0.2) is 30.0 Å². The number of fused-ring (bicyclic) bond motifs is 1. The molecule has 0 unspecified atom stereocenters. The normalized spacial score (nSPS) is 12.0. The van der Waals surface area contributed by atoms with Gasteiger partial charge >= 0.3 is 5.97 Å². The zero-order valence-electron chi connectivity index (χ0n) is 16.0. The minimum Gasteiger partial charge on any atom is -0.496 e. The van der Waals surface area contributed by atoms with Crippen LogP contribution in [0.2, 0.25) is 0 Å². The molecule has 0 spiro atoms. The second-order valence-electron chi connectivity index (χ2n) is 6.58. The molecule has 1 atom stereocenters. The quantitative estimate of drug-likeness (QED) is 0.613. The molecular formula is C21H22N2O4S. The number of hydrogen-bond donors (Lipinski definition) is 1. The van der Waals surface area contributed by atoms with Crippen LogP contribution in [0.15, 0.2) is 48.5 Å². The second kappa shape index (κ2) is 8.84. The highest BCUT2D eigenvalue weighted by atomic mass is 32.1. The van der Waals surface area contributed by atoms with E-state index >= 15 is 0 Å². The third-order valence-electron chi connectivity index (χ3n) is 4.23. The van der Waals surface area contributed by atoms with Gasteiger partial charge in [0.2, 0.25) is 0 Å². The predicted octanol–water partition coefficient (Wildman–Crippen LogP) is 3.80. The first kappa shape index (κ1) is 19.8. The Morgan fingerprint density at radius 1 is 1.11 bits per heavy atom. The van der Waals surface area contributed by atoms with E-state index in [0.29, 0.717) is 16.3 Å². The van der Waals surface area contributed by atoms with Crippen LogP contribution in [-0.2, 0) is 16.1 Å². The Kier molecular flexibility index (Phi) is 6.26. The fourth-order valence-electron chi connectivity index (χ4n) is 2.75. The van der Waals surface area contributed by atoms with Gasteiger partial charge in [0.1, 0.15) is 23.4 Å². The van der Waals surface area contributed by atoms with Gasteiger partial charge < -0.3 is 14.8 Å². The van der Waals surface area contributed by atoms with Crippen molar-refractivity contribution in [1.82, 2.24) is 10.3 Å². The van der Waals surface area contributed by atoms with Gasteiger partial charge in [0, 0.05) is 0 Å². The fraction of sp³-hybridized carbons (Fsp3) is 0.286. The van der Waals surface area contributed by atoms with Crippen LogP contribution < -0.4 is 10.1 Å². The summed E-state index contributed by atoms with van der Waals surface area (Å²) in [6.45, 7) is 3.78. The summed E-state index contributed by atoms with van der Waals surface area (Å²) in [7, 11) is 1.50. The number of methoxy groups -OCH3 is 1. The molecule has 0 radical (unpaired) electrons. The Hall–Kier alpha value is -2.93. The third-order valence-corrected chi connectivity index (χ3v) is 5.24. The number of benzene rings is 2. The number of thiazole rings is 1. The molecule has 0 bridgehead atoms. The maximum Gasteiger partial charge on any atom is 0.329 e. The average molecular weight is 398 g/mol. The first-order chi connectivity index (χ1) is 13.5. The lowest BCUT2D eigenvalue weighted by Crippen LogP contribution is -2.45. The SMILES string of the molecule is COc1ccccc1C(=O)N[C@H](C(=O)OCc1nc2ccccc2s1)C(C)C. The Morgan fingerprint density at radius 2 is 1.82 bits per heavy atom. The molecule has 7 heteroatoms. The minimum atomic E-state index is -0.771. The Bertz CT molecular complexity index is 950. The summed E-state index contributed by atoms with van der Waals surface area (Å²) in [6, 6.07) is 13.9. The van der Waals surface area contributed by atoms with Crippen molar-refractivity contribution in [2.45, 2.75) is 26.5 Å². The van der Waals surface area contributed by atoms with Crippen LogP contribution in [0.5, 0.6) is 5.75 Å². The molecule has 0 aliphatic heterocycles. The van der Waals surface area contributed by atoms with Gasteiger partial charge in [-0.2, -0.15) is 0 Å². The van der Waals surface area contributed by atoms with Crippen molar-refractivity contribution in [3.63, 3.8) is 0 Å². The lowest BCUT2D eigenvalue weighted by atomic mass is 10.0. The number of para-hydroxylation sites is 2. The van der Waals surface area contributed by atoms with Crippen molar-refractivity contribution in [3.8, 4) is 5.75 Å². The van der Waals surface area contributed by atoms with E-state index in [-0.39, 0.29) is 18.4 Å². The number of nitrogens with one attached hydrogen (secondary N) is 1. The zero-order chi connectivity index (χ0) is 20.1. The molecule has 6 nitrogen and oxygen atoms in total. The average Bonchev–Trinajstić information content (AvgIpc) is 3.12. The van der Waals surface area contributed by atoms with Crippen LogP contribution in [0, 0.1) is 5.92 Å². The first-order valence-corrected chi connectivity index (χ1v) is 9.76. The molecule has 0 fully saturated rings.